The highest BCUT2D eigenvalue weighted by Gasteiger charge is 2.30. The lowest BCUT2D eigenvalue weighted by Crippen LogP contribution is -2.46. The highest BCUT2D eigenvalue weighted by Crippen LogP contribution is 2.16. The summed E-state index contributed by atoms with van der Waals surface area (Å²) in [4.78, 5) is 11.6. The van der Waals surface area contributed by atoms with Gasteiger partial charge in [0.05, 0.1) is 13.2 Å². The second kappa shape index (κ2) is 8.56. The van der Waals surface area contributed by atoms with Gasteiger partial charge in [0, 0.05) is 45.8 Å². The average Bonchev–Trinajstić information content (AvgIpc) is 2.98. The highest BCUT2D eigenvalue weighted by atomic mass is 16.5. The summed E-state index contributed by atoms with van der Waals surface area (Å²) in [5.74, 6) is 1.06. The van der Waals surface area contributed by atoms with Crippen molar-refractivity contribution in [2.45, 2.75) is 18.9 Å². The van der Waals surface area contributed by atoms with E-state index >= 15 is 0 Å². The maximum atomic E-state index is 5.44. The Balaban J connectivity index is 1.73. The smallest absolute Gasteiger partial charge is 0.193 e. The molecule has 2 fully saturated rings. The number of nitrogens with one attached hydrogen (secondary N) is 1. The number of likely N-dealkylation sites (tertiary alicyclic amines) is 1. The minimum absolute atomic E-state index is 0.661. The van der Waals surface area contributed by atoms with E-state index in [9.17, 15) is 0 Å². The third-order valence-corrected chi connectivity index (χ3v) is 4.30. The van der Waals surface area contributed by atoms with E-state index in [1.807, 2.05) is 7.05 Å². The summed E-state index contributed by atoms with van der Waals surface area (Å²) in [6, 6.07) is 0.661. The fourth-order valence-electron chi connectivity index (χ4n) is 3.10. The van der Waals surface area contributed by atoms with Crippen molar-refractivity contribution in [1.29, 1.82) is 0 Å². The number of hydrogen-bond acceptors (Lipinski definition) is 4. The van der Waals surface area contributed by atoms with Crippen LogP contribution in [0.2, 0.25) is 0 Å². The lowest BCUT2D eigenvalue weighted by molar-refractivity contribution is 0.0195. The molecule has 0 aromatic carbocycles. The largest absolute Gasteiger partial charge is 0.379 e. The highest BCUT2D eigenvalue weighted by molar-refractivity contribution is 5.80. The fourth-order valence-corrected chi connectivity index (χ4v) is 3.10. The molecule has 2 heterocycles. The molecule has 21 heavy (non-hydrogen) atoms. The quantitative estimate of drug-likeness (QED) is 0.437. The van der Waals surface area contributed by atoms with Gasteiger partial charge in [0.1, 0.15) is 0 Å². The lowest BCUT2D eigenvalue weighted by Gasteiger charge is -2.32. The summed E-state index contributed by atoms with van der Waals surface area (Å²) in [7, 11) is 6.11. The molecule has 2 aliphatic rings. The maximum Gasteiger partial charge on any atom is 0.193 e. The summed E-state index contributed by atoms with van der Waals surface area (Å²) in [5, 5.41) is 3.50. The van der Waals surface area contributed by atoms with E-state index in [4.69, 9.17) is 4.74 Å². The molecule has 0 spiro atoms. The molecule has 0 bridgehead atoms. The van der Waals surface area contributed by atoms with Crippen LogP contribution in [0.1, 0.15) is 12.8 Å². The molecular formula is C15H31N5O. The monoisotopic (exact) mass is 297 g/mol. The molecule has 0 aliphatic carbocycles. The minimum atomic E-state index is 0.661. The summed E-state index contributed by atoms with van der Waals surface area (Å²) in [6.45, 7) is 8.22. The predicted molar refractivity (Wildman–Crippen MR) is 86.9 cm³/mol. The first-order valence-electron chi connectivity index (χ1n) is 8.13. The van der Waals surface area contributed by atoms with Gasteiger partial charge in [0.2, 0.25) is 0 Å². The zero-order valence-corrected chi connectivity index (χ0v) is 13.8. The van der Waals surface area contributed by atoms with Crippen molar-refractivity contribution in [2.24, 2.45) is 4.99 Å². The van der Waals surface area contributed by atoms with Gasteiger partial charge >= 0.3 is 0 Å². The van der Waals surface area contributed by atoms with E-state index in [1.54, 1.807) is 0 Å². The van der Waals surface area contributed by atoms with Gasteiger partial charge < -0.3 is 19.9 Å². The number of rotatable bonds is 5. The molecule has 2 aliphatic heterocycles. The summed E-state index contributed by atoms with van der Waals surface area (Å²) in [5.41, 5.74) is 0. The van der Waals surface area contributed by atoms with E-state index in [0.717, 1.165) is 64.9 Å². The number of guanidine groups is 1. The fraction of sp³-hybridized carbons (Fsp3) is 0.933. The van der Waals surface area contributed by atoms with Crippen LogP contribution in [0.3, 0.4) is 0 Å². The third kappa shape index (κ3) is 5.13. The molecule has 1 atom stereocenters. The Morgan fingerprint density at radius 1 is 1.29 bits per heavy atom. The average molecular weight is 297 g/mol. The van der Waals surface area contributed by atoms with Crippen molar-refractivity contribution in [3.63, 3.8) is 0 Å². The third-order valence-electron chi connectivity index (χ3n) is 4.30. The van der Waals surface area contributed by atoms with E-state index in [0.29, 0.717) is 6.04 Å². The molecule has 6 nitrogen and oxygen atoms in total. The number of nitrogens with zero attached hydrogens (tertiary/aromatic N) is 4. The van der Waals surface area contributed by atoms with Gasteiger partial charge in [-0.2, -0.15) is 0 Å². The molecule has 1 unspecified atom stereocenters. The summed E-state index contributed by atoms with van der Waals surface area (Å²) in [6.07, 6.45) is 2.38. The number of hydrogen-bond donors (Lipinski definition) is 1. The molecule has 1 N–H and O–H groups in total. The second-order valence-electron chi connectivity index (χ2n) is 6.17. The van der Waals surface area contributed by atoms with Crippen LogP contribution in [-0.4, -0.2) is 100 Å². The predicted octanol–water partition coefficient (Wildman–Crippen LogP) is -0.0800. The molecule has 0 radical (unpaired) electrons. The molecule has 2 saturated heterocycles. The van der Waals surface area contributed by atoms with E-state index in [2.05, 4.69) is 39.1 Å². The van der Waals surface area contributed by atoms with Gasteiger partial charge in [-0.1, -0.05) is 0 Å². The lowest BCUT2D eigenvalue weighted by atomic mass is 10.2. The van der Waals surface area contributed by atoms with Crippen molar-refractivity contribution in [3.05, 3.63) is 0 Å². The van der Waals surface area contributed by atoms with Crippen LogP contribution in [0, 0.1) is 0 Å². The molecule has 6 heteroatoms. The van der Waals surface area contributed by atoms with E-state index in [1.165, 1.54) is 6.42 Å². The van der Waals surface area contributed by atoms with Crippen LogP contribution < -0.4 is 5.32 Å². The van der Waals surface area contributed by atoms with Crippen molar-refractivity contribution in [2.75, 3.05) is 73.6 Å². The first-order chi connectivity index (χ1) is 10.2. The molecular weight excluding hydrogens is 266 g/mol. The molecule has 2 rings (SSSR count). The Morgan fingerprint density at radius 3 is 2.71 bits per heavy atom. The number of ether oxygens (including phenoxy) is 1. The molecule has 122 valence electrons. The Labute approximate surface area is 129 Å². The van der Waals surface area contributed by atoms with Gasteiger partial charge in [-0.25, -0.2) is 0 Å². The summed E-state index contributed by atoms with van der Waals surface area (Å²) >= 11 is 0. The first kappa shape index (κ1) is 16.5. The molecule has 0 aromatic heterocycles. The van der Waals surface area contributed by atoms with Gasteiger partial charge in [-0.3, -0.25) is 9.89 Å². The minimum Gasteiger partial charge on any atom is -0.379 e. The van der Waals surface area contributed by atoms with Crippen LogP contribution in [0.25, 0.3) is 0 Å². The van der Waals surface area contributed by atoms with Crippen molar-refractivity contribution in [3.8, 4) is 0 Å². The molecule has 0 aromatic rings. The number of morpholine rings is 1. The topological polar surface area (TPSA) is 43.3 Å². The van der Waals surface area contributed by atoms with Crippen LogP contribution in [0.4, 0.5) is 0 Å². The van der Waals surface area contributed by atoms with Gasteiger partial charge in [0.15, 0.2) is 5.96 Å². The van der Waals surface area contributed by atoms with Crippen LogP contribution in [0.15, 0.2) is 4.99 Å². The van der Waals surface area contributed by atoms with Gasteiger partial charge in [-0.15, -0.1) is 0 Å². The zero-order chi connectivity index (χ0) is 15.1. The Hall–Kier alpha value is -0.850. The normalized spacial score (nSPS) is 24.9. The van der Waals surface area contributed by atoms with Gasteiger partial charge in [-0.05, 0) is 33.5 Å². The second-order valence-corrected chi connectivity index (χ2v) is 6.17. The molecule has 0 amide bonds. The number of aliphatic imine (C=N–C) groups is 1. The molecule has 0 saturated carbocycles. The van der Waals surface area contributed by atoms with Crippen LogP contribution in [-0.2, 0) is 4.74 Å². The SMILES string of the molecule is CN=C(NCCCN(C)C)N1CCC(N2CCOCC2)C1. The van der Waals surface area contributed by atoms with Crippen molar-refractivity contribution in [1.82, 2.24) is 20.0 Å². The Bertz CT molecular complexity index is 328. The Morgan fingerprint density at radius 2 is 2.05 bits per heavy atom. The standard InChI is InChI=1S/C15H31N5O/c1-16-15(17-6-4-7-18(2)3)20-8-5-14(13-20)19-9-11-21-12-10-19/h14H,4-13H2,1-3H3,(H,16,17). The maximum absolute atomic E-state index is 5.44. The van der Waals surface area contributed by atoms with Crippen LogP contribution in [0.5, 0.6) is 0 Å². The summed E-state index contributed by atoms with van der Waals surface area (Å²) < 4.78 is 5.44. The van der Waals surface area contributed by atoms with Crippen molar-refractivity contribution < 1.29 is 4.74 Å². The van der Waals surface area contributed by atoms with E-state index < -0.39 is 0 Å². The van der Waals surface area contributed by atoms with E-state index in [-0.39, 0.29) is 0 Å². The Kier molecular flexibility index (Phi) is 6.73. The van der Waals surface area contributed by atoms with Crippen LogP contribution >= 0.6 is 0 Å². The first-order valence-corrected chi connectivity index (χ1v) is 8.13. The van der Waals surface area contributed by atoms with Crippen molar-refractivity contribution >= 4 is 5.96 Å². The zero-order valence-electron chi connectivity index (χ0n) is 13.8. The van der Waals surface area contributed by atoms with Gasteiger partial charge in [0.25, 0.3) is 0 Å².